The van der Waals surface area contributed by atoms with E-state index in [1.807, 2.05) is 36.4 Å². The van der Waals surface area contributed by atoms with Crippen LogP contribution in [0.25, 0.3) is 0 Å². The first kappa shape index (κ1) is 15.8. The maximum absolute atomic E-state index is 5.90. The smallest absolute Gasteiger partial charge is 0.171 e. The van der Waals surface area contributed by atoms with Crippen molar-refractivity contribution in [1.29, 1.82) is 0 Å². The number of rotatable bonds is 4. The minimum Gasteiger partial charge on any atom is -0.356 e. The lowest BCUT2D eigenvalue weighted by atomic mass is 10.1. The van der Waals surface area contributed by atoms with Gasteiger partial charge in [-0.15, -0.1) is 0 Å². The molecule has 2 rings (SSSR count). The van der Waals surface area contributed by atoms with Gasteiger partial charge in [0, 0.05) is 10.7 Å². The number of aryl methyl sites for hydroxylation is 1. The molecule has 2 nitrogen and oxygen atoms in total. The van der Waals surface area contributed by atoms with Crippen molar-refractivity contribution in [3.8, 4) is 0 Å². The van der Waals surface area contributed by atoms with Crippen molar-refractivity contribution in [1.82, 2.24) is 5.32 Å². The Morgan fingerprint density at radius 3 is 2.29 bits per heavy atom. The van der Waals surface area contributed by atoms with Crippen molar-refractivity contribution >= 4 is 34.6 Å². The third-order valence-corrected chi connectivity index (χ3v) is 3.81. The highest BCUT2D eigenvalue weighted by Crippen LogP contribution is 2.16. The van der Waals surface area contributed by atoms with Crippen molar-refractivity contribution in [3.63, 3.8) is 0 Å². The third-order valence-electron chi connectivity index (χ3n) is 3.34. The summed E-state index contributed by atoms with van der Waals surface area (Å²) in [6, 6.07) is 16.2. The summed E-state index contributed by atoms with van der Waals surface area (Å²) in [4.78, 5) is 0. The van der Waals surface area contributed by atoms with Gasteiger partial charge in [-0.05, 0) is 61.0 Å². The standard InChI is InChI=1S/C17H19ClN2S/c1-3-13-4-10-16(11-5-13)20-17(21)19-12(2)14-6-8-15(18)9-7-14/h4-12H,3H2,1-2H3,(H2,19,20,21)/t12-/m1/s1. The fraction of sp³-hybridized carbons (Fsp3) is 0.235. The molecule has 0 fully saturated rings. The van der Waals surface area contributed by atoms with Gasteiger partial charge in [-0.1, -0.05) is 42.8 Å². The van der Waals surface area contributed by atoms with Crippen LogP contribution in [-0.4, -0.2) is 5.11 Å². The Balaban J connectivity index is 1.92. The normalized spacial score (nSPS) is 11.8. The zero-order chi connectivity index (χ0) is 15.2. The molecule has 0 saturated carbocycles. The largest absolute Gasteiger partial charge is 0.356 e. The van der Waals surface area contributed by atoms with E-state index < -0.39 is 0 Å². The molecule has 110 valence electrons. The molecule has 1 atom stereocenters. The predicted octanol–water partition coefficient (Wildman–Crippen LogP) is 4.95. The lowest BCUT2D eigenvalue weighted by Crippen LogP contribution is -2.30. The average molecular weight is 319 g/mol. The van der Waals surface area contributed by atoms with E-state index in [0.717, 1.165) is 22.7 Å². The molecule has 0 heterocycles. The number of hydrogen-bond acceptors (Lipinski definition) is 1. The van der Waals surface area contributed by atoms with E-state index in [2.05, 4.69) is 36.6 Å². The van der Waals surface area contributed by atoms with Gasteiger partial charge in [-0.2, -0.15) is 0 Å². The van der Waals surface area contributed by atoms with Gasteiger partial charge in [0.05, 0.1) is 6.04 Å². The molecule has 0 bridgehead atoms. The Morgan fingerprint density at radius 2 is 1.71 bits per heavy atom. The van der Waals surface area contributed by atoms with Crippen molar-refractivity contribution < 1.29 is 0 Å². The fourth-order valence-electron chi connectivity index (χ4n) is 2.02. The molecule has 0 amide bonds. The summed E-state index contributed by atoms with van der Waals surface area (Å²) in [5.74, 6) is 0. The minimum absolute atomic E-state index is 0.122. The summed E-state index contributed by atoms with van der Waals surface area (Å²) >= 11 is 11.2. The molecule has 0 aromatic heterocycles. The van der Waals surface area contributed by atoms with Crippen LogP contribution in [0.5, 0.6) is 0 Å². The second-order valence-corrected chi connectivity index (χ2v) is 5.77. The lowest BCUT2D eigenvalue weighted by Gasteiger charge is -2.17. The Morgan fingerprint density at radius 1 is 1.10 bits per heavy atom. The number of halogens is 1. The number of thiocarbonyl (C=S) groups is 1. The van der Waals surface area contributed by atoms with Crippen LogP contribution in [0.3, 0.4) is 0 Å². The Hall–Kier alpha value is -1.58. The molecule has 0 radical (unpaired) electrons. The van der Waals surface area contributed by atoms with Crippen LogP contribution >= 0.6 is 23.8 Å². The zero-order valence-corrected chi connectivity index (χ0v) is 13.8. The van der Waals surface area contributed by atoms with Gasteiger partial charge in [0.15, 0.2) is 5.11 Å². The van der Waals surface area contributed by atoms with E-state index in [4.69, 9.17) is 23.8 Å². The van der Waals surface area contributed by atoms with Gasteiger partial charge in [0.1, 0.15) is 0 Å². The fourth-order valence-corrected chi connectivity index (χ4v) is 2.44. The molecular weight excluding hydrogens is 300 g/mol. The monoisotopic (exact) mass is 318 g/mol. The number of benzene rings is 2. The van der Waals surface area contributed by atoms with Crippen molar-refractivity contribution in [2.24, 2.45) is 0 Å². The summed E-state index contributed by atoms with van der Waals surface area (Å²) in [7, 11) is 0. The second-order valence-electron chi connectivity index (χ2n) is 4.92. The van der Waals surface area contributed by atoms with E-state index >= 15 is 0 Å². The first-order valence-corrected chi connectivity index (χ1v) is 7.79. The molecule has 2 aromatic rings. The second kappa shape index (κ2) is 7.43. The van der Waals surface area contributed by atoms with Gasteiger partial charge >= 0.3 is 0 Å². The topological polar surface area (TPSA) is 24.1 Å². The maximum Gasteiger partial charge on any atom is 0.171 e. The maximum atomic E-state index is 5.90. The highest BCUT2D eigenvalue weighted by Gasteiger charge is 2.07. The molecule has 0 saturated heterocycles. The molecule has 0 aliphatic carbocycles. The van der Waals surface area contributed by atoms with Crippen molar-refractivity contribution in [2.75, 3.05) is 5.32 Å². The average Bonchev–Trinajstić information content (AvgIpc) is 2.48. The van der Waals surface area contributed by atoms with Crippen LogP contribution in [0.15, 0.2) is 48.5 Å². The minimum atomic E-state index is 0.122. The lowest BCUT2D eigenvalue weighted by molar-refractivity contribution is 0.723. The molecule has 21 heavy (non-hydrogen) atoms. The molecule has 2 aromatic carbocycles. The summed E-state index contributed by atoms with van der Waals surface area (Å²) in [6.45, 7) is 4.21. The van der Waals surface area contributed by atoms with Crippen molar-refractivity contribution in [2.45, 2.75) is 26.3 Å². The highest BCUT2D eigenvalue weighted by molar-refractivity contribution is 7.80. The zero-order valence-electron chi connectivity index (χ0n) is 12.2. The molecule has 0 spiro atoms. The Labute approximate surface area is 136 Å². The number of hydrogen-bond donors (Lipinski definition) is 2. The van der Waals surface area contributed by atoms with Crippen LogP contribution in [0.4, 0.5) is 5.69 Å². The summed E-state index contributed by atoms with van der Waals surface area (Å²) in [5.41, 5.74) is 3.45. The van der Waals surface area contributed by atoms with Crippen molar-refractivity contribution in [3.05, 3.63) is 64.7 Å². The van der Waals surface area contributed by atoms with Gasteiger partial charge in [0.2, 0.25) is 0 Å². The SMILES string of the molecule is CCc1ccc(NC(=S)N[C@H](C)c2ccc(Cl)cc2)cc1. The van der Waals surface area contributed by atoms with Crippen LogP contribution in [0.2, 0.25) is 5.02 Å². The molecular formula is C17H19ClN2S. The predicted molar refractivity (Wildman–Crippen MR) is 95.0 cm³/mol. The van der Waals surface area contributed by atoms with E-state index in [0.29, 0.717) is 5.11 Å². The van der Waals surface area contributed by atoms with E-state index in [1.165, 1.54) is 5.56 Å². The molecule has 0 unspecified atom stereocenters. The molecule has 0 aliphatic rings. The quantitative estimate of drug-likeness (QED) is 0.780. The first-order valence-electron chi connectivity index (χ1n) is 7.00. The van der Waals surface area contributed by atoms with Gasteiger partial charge < -0.3 is 10.6 Å². The summed E-state index contributed by atoms with van der Waals surface area (Å²) in [6.07, 6.45) is 1.04. The Kier molecular flexibility index (Phi) is 5.59. The van der Waals surface area contributed by atoms with E-state index in [1.54, 1.807) is 0 Å². The highest BCUT2D eigenvalue weighted by atomic mass is 35.5. The van der Waals surface area contributed by atoms with Crippen LogP contribution < -0.4 is 10.6 Å². The van der Waals surface area contributed by atoms with Crippen LogP contribution in [0.1, 0.15) is 31.0 Å². The third kappa shape index (κ3) is 4.73. The molecule has 4 heteroatoms. The Bertz CT molecular complexity index is 593. The van der Waals surface area contributed by atoms with Gasteiger partial charge in [0.25, 0.3) is 0 Å². The molecule has 0 aliphatic heterocycles. The summed E-state index contributed by atoms with van der Waals surface area (Å²) < 4.78 is 0. The van der Waals surface area contributed by atoms with Gasteiger partial charge in [-0.3, -0.25) is 0 Å². The molecule has 2 N–H and O–H groups in total. The summed E-state index contributed by atoms with van der Waals surface area (Å²) in [5, 5.41) is 7.82. The first-order chi connectivity index (χ1) is 10.1. The number of nitrogens with one attached hydrogen (secondary N) is 2. The van der Waals surface area contributed by atoms with Gasteiger partial charge in [-0.25, -0.2) is 0 Å². The van der Waals surface area contributed by atoms with Crippen LogP contribution in [-0.2, 0) is 6.42 Å². The number of anilines is 1. The van der Waals surface area contributed by atoms with E-state index in [-0.39, 0.29) is 6.04 Å². The van der Waals surface area contributed by atoms with E-state index in [9.17, 15) is 0 Å². The van der Waals surface area contributed by atoms with Crippen LogP contribution in [0, 0.1) is 0 Å².